The quantitative estimate of drug-likeness (QED) is 0.928. The number of aromatic nitrogens is 1. The van der Waals surface area contributed by atoms with Crippen LogP contribution in [-0.4, -0.2) is 18.6 Å². The molecule has 1 aromatic heterocycles. The maximum atomic E-state index is 5.92. The van der Waals surface area contributed by atoms with Gasteiger partial charge in [-0.15, -0.1) is 0 Å². The van der Waals surface area contributed by atoms with Crippen molar-refractivity contribution < 1.29 is 9.15 Å². The second-order valence-electron chi connectivity index (χ2n) is 5.31. The summed E-state index contributed by atoms with van der Waals surface area (Å²) < 4.78 is 11.3. The lowest BCUT2D eigenvalue weighted by Crippen LogP contribution is -2.21. The number of hydrogen-bond acceptors (Lipinski definition) is 4. The first-order valence-corrected chi connectivity index (χ1v) is 7.09. The maximum absolute atomic E-state index is 5.92. The number of aryl methyl sites for hydroxylation is 1. The molecule has 3 rings (SSSR count). The summed E-state index contributed by atoms with van der Waals surface area (Å²) in [5.41, 5.74) is 7.96. The van der Waals surface area contributed by atoms with Crippen molar-refractivity contribution in [2.45, 2.75) is 25.7 Å². The Kier molecular flexibility index (Phi) is 3.74. The Labute approximate surface area is 119 Å². The van der Waals surface area contributed by atoms with Crippen LogP contribution in [0.1, 0.15) is 29.3 Å². The zero-order valence-electron chi connectivity index (χ0n) is 11.8. The van der Waals surface area contributed by atoms with Crippen LogP contribution < -0.4 is 10.5 Å². The third-order valence-electron chi connectivity index (χ3n) is 3.95. The highest BCUT2D eigenvalue weighted by atomic mass is 16.5. The molecule has 20 heavy (non-hydrogen) atoms. The fourth-order valence-corrected chi connectivity index (χ4v) is 2.79. The zero-order valence-corrected chi connectivity index (χ0v) is 11.8. The van der Waals surface area contributed by atoms with E-state index in [0.717, 1.165) is 54.5 Å². The fourth-order valence-electron chi connectivity index (χ4n) is 2.79. The average Bonchev–Trinajstić information content (AvgIpc) is 2.89. The van der Waals surface area contributed by atoms with Gasteiger partial charge in [-0.25, -0.2) is 4.98 Å². The predicted molar refractivity (Wildman–Crippen MR) is 76.9 cm³/mol. The Balaban J connectivity index is 1.81. The number of hydrogen-bond donors (Lipinski definition) is 1. The second kappa shape index (κ2) is 5.67. The molecule has 0 saturated heterocycles. The Morgan fingerprint density at radius 3 is 3.05 bits per heavy atom. The van der Waals surface area contributed by atoms with Gasteiger partial charge in [-0.1, -0.05) is 18.2 Å². The molecule has 0 amide bonds. The van der Waals surface area contributed by atoms with Gasteiger partial charge in [-0.2, -0.15) is 0 Å². The highest BCUT2D eigenvalue weighted by Crippen LogP contribution is 2.27. The van der Waals surface area contributed by atoms with Crippen molar-refractivity contribution in [2.24, 2.45) is 11.7 Å². The highest BCUT2D eigenvalue weighted by Gasteiger charge is 2.23. The van der Waals surface area contributed by atoms with Crippen molar-refractivity contribution in [3.8, 4) is 5.75 Å². The SMILES string of the molecule is COc1ccccc1Cc1nc2c(o1)CC(CN)CC2. The molecular weight excluding hydrogens is 252 g/mol. The Morgan fingerprint density at radius 2 is 2.25 bits per heavy atom. The molecule has 0 spiro atoms. The van der Waals surface area contributed by atoms with Crippen LogP contribution in [0.15, 0.2) is 28.7 Å². The molecule has 0 radical (unpaired) electrons. The summed E-state index contributed by atoms with van der Waals surface area (Å²) >= 11 is 0. The summed E-state index contributed by atoms with van der Waals surface area (Å²) in [6.45, 7) is 0.724. The summed E-state index contributed by atoms with van der Waals surface area (Å²) in [7, 11) is 1.69. The van der Waals surface area contributed by atoms with Gasteiger partial charge in [0.25, 0.3) is 0 Å². The first kappa shape index (κ1) is 13.2. The lowest BCUT2D eigenvalue weighted by atomic mass is 9.91. The first-order chi connectivity index (χ1) is 9.80. The summed E-state index contributed by atoms with van der Waals surface area (Å²) in [5.74, 6) is 3.21. The van der Waals surface area contributed by atoms with Crippen LogP contribution in [0.3, 0.4) is 0 Å². The molecule has 1 aliphatic rings. The molecule has 0 aliphatic heterocycles. The number of benzene rings is 1. The number of oxazole rings is 1. The van der Waals surface area contributed by atoms with Gasteiger partial charge in [-0.05, 0) is 31.4 Å². The van der Waals surface area contributed by atoms with Crippen molar-refractivity contribution in [2.75, 3.05) is 13.7 Å². The monoisotopic (exact) mass is 272 g/mol. The molecule has 1 unspecified atom stereocenters. The van der Waals surface area contributed by atoms with Crippen molar-refractivity contribution in [3.63, 3.8) is 0 Å². The summed E-state index contributed by atoms with van der Waals surface area (Å²) in [6.07, 6.45) is 3.69. The highest BCUT2D eigenvalue weighted by molar-refractivity contribution is 5.35. The molecule has 2 aromatic rings. The van der Waals surface area contributed by atoms with E-state index in [-0.39, 0.29) is 0 Å². The Hall–Kier alpha value is -1.81. The molecule has 1 aliphatic carbocycles. The maximum Gasteiger partial charge on any atom is 0.199 e. The van der Waals surface area contributed by atoms with Gasteiger partial charge in [-0.3, -0.25) is 0 Å². The normalized spacial score (nSPS) is 17.8. The molecule has 1 aromatic carbocycles. The van der Waals surface area contributed by atoms with Crippen LogP contribution in [-0.2, 0) is 19.3 Å². The van der Waals surface area contributed by atoms with E-state index in [1.807, 2.05) is 24.3 Å². The van der Waals surface area contributed by atoms with Crippen LogP contribution in [0.4, 0.5) is 0 Å². The first-order valence-electron chi connectivity index (χ1n) is 7.09. The van der Waals surface area contributed by atoms with Gasteiger partial charge in [0, 0.05) is 12.0 Å². The van der Waals surface area contributed by atoms with Crippen LogP contribution in [0, 0.1) is 5.92 Å². The van der Waals surface area contributed by atoms with E-state index in [1.54, 1.807) is 7.11 Å². The third-order valence-corrected chi connectivity index (χ3v) is 3.95. The van der Waals surface area contributed by atoms with Gasteiger partial charge in [0.1, 0.15) is 11.5 Å². The minimum atomic E-state index is 0.537. The lowest BCUT2D eigenvalue weighted by Gasteiger charge is -2.17. The van der Waals surface area contributed by atoms with Gasteiger partial charge >= 0.3 is 0 Å². The van der Waals surface area contributed by atoms with E-state index in [9.17, 15) is 0 Å². The molecule has 0 bridgehead atoms. The Morgan fingerprint density at radius 1 is 1.40 bits per heavy atom. The number of fused-ring (bicyclic) bond motifs is 1. The Bertz CT molecular complexity index is 592. The summed E-state index contributed by atoms with van der Waals surface area (Å²) in [6, 6.07) is 7.98. The van der Waals surface area contributed by atoms with Crippen molar-refractivity contribution in [1.29, 1.82) is 0 Å². The summed E-state index contributed by atoms with van der Waals surface area (Å²) in [5, 5.41) is 0. The molecule has 2 N–H and O–H groups in total. The van der Waals surface area contributed by atoms with Crippen LogP contribution >= 0.6 is 0 Å². The fraction of sp³-hybridized carbons (Fsp3) is 0.438. The topological polar surface area (TPSA) is 61.3 Å². The molecule has 1 atom stereocenters. The summed E-state index contributed by atoms with van der Waals surface area (Å²) in [4.78, 5) is 4.63. The average molecular weight is 272 g/mol. The molecule has 106 valence electrons. The third kappa shape index (κ3) is 2.56. The van der Waals surface area contributed by atoms with Crippen LogP contribution in [0.25, 0.3) is 0 Å². The predicted octanol–water partition coefficient (Wildman–Crippen LogP) is 2.34. The molecule has 0 saturated carbocycles. The van der Waals surface area contributed by atoms with Crippen molar-refractivity contribution in [1.82, 2.24) is 4.98 Å². The number of para-hydroxylation sites is 1. The van der Waals surface area contributed by atoms with Gasteiger partial charge in [0.05, 0.1) is 19.2 Å². The molecule has 4 nitrogen and oxygen atoms in total. The van der Waals surface area contributed by atoms with Crippen molar-refractivity contribution in [3.05, 3.63) is 47.2 Å². The van der Waals surface area contributed by atoms with E-state index in [0.29, 0.717) is 12.3 Å². The smallest absolute Gasteiger partial charge is 0.199 e. The van der Waals surface area contributed by atoms with Gasteiger partial charge in [0.15, 0.2) is 5.89 Å². The number of nitrogens with zero attached hydrogens (tertiary/aromatic N) is 1. The lowest BCUT2D eigenvalue weighted by molar-refractivity contribution is 0.382. The number of methoxy groups -OCH3 is 1. The number of rotatable bonds is 4. The molecule has 4 heteroatoms. The van der Waals surface area contributed by atoms with Gasteiger partial charge < -0.3 is 14.9 Å². The largest absolute Gasteiger partial charge is 0.496 e. The van der Waals surface area contributed by atoms with Gasteiger partial charge in [0.2, 0.25) is 0 Å². The zero-order chi connectivity index (χ0) is 13.9. The van der Waals surface area contributed by atoms with E-state index in [1.165, 1.54) is 0 Å². The molecule has 0 fully saturated rings. The standard InChI is InChI=1S/C16H20N2O2/c1-19-14-5-3-2-4-12(14)9-16-18-13-7-6-11(10-17)8-15(13)20-16/h2-5,11H,6-10,17H2,1H3. The van der Waals surface area contributed by atoms with Crippen LogP contribution in [0.2, 0.25) is 0 Å². The van der Waals surface area contributed by atoms with E-state index < -0.39 is 0 Å². The van der Waals surface area contributed by atoms with Crippen molar-refractivity contribution >= 4 is 0 Å². The van der Waals surface area contributed by atoms with E-state index in [4.69, 9.17) is 14.9 Å². The second-order valence-corrected chi connectivity index (χ2v) is 5.31. The number of nitrogens with two attached hydrogens (primary N) is 1. The molecular formula is C16H20N2O2. The van der Waals surface area contributed by atoms with E-state index >= 15 is 0 Å². The number of ether oxygens (including phenoxy) is 1. The van der Waals surface area contributed by atoms with Crippen LogP contribution in [0.5, 0.6) is 5.75 Å². The molecule has 1 heterocycles. The van der Waals surface area contributed by atoms with E-state index in [2.05, 4.69) is 4.98 Å². The minimum absolute atomic E-state index is 0.537. The minimum Gasteiger partial charge on any atom is -0.496 e.